The Morgan fingerprint density at radius 3 is 1.85 bits per heavy atom. The molecule has 7 aromatic rings. The summed E-state index contributed by atoms with van der Waals surface area (Å²) >= 11 is 0. The summed E-state index contributed by atoms with van der Waals surface area (Å²) in [6, 6.07) is 38.1. The van der Waals surface area contributed by atoms with Crippen LogP contribution in [0.5, 0.6) is 17.2 Å². The van der Waals surface area contributed by atoms with Crippen molar-refractivity contribution in [3.05, 3.63) is 156 Å². The summed E-state index contributed by atoms with van der Waals surface area (Å²) in [6.07, 6.45) is 6.88. The second kappa shape index (κ2) is 15.4. The molecule has 5 aromatic carbocycles. The highest BCUT2D eigenvalue weighted by molar-refractivity contribution is 7.90. The molecule has 274 valence electrons. The zero-order valence-corrected chi connectivity index (χ0v) is 31.8. The molecule has 7 rings (SSSR count). The Kier molecular flexibility index (Phi) is 10.3. The maximum Gasteiger partial charge on any atom is 0.268 e. The number of para-hydroxylation sites is 1. The number of methoxy groups -OCH3 is 4. The highest BCUT2D eigenvalue weighted by Gasteiger charge is 2.32. The largest absolute Gasteiger partial charge is 0.497 e. The van der Waals surface area contributed by atoms with Crippen molar-refractivity contribution >= 4 is 32.8 Å². The quantitative estimate of drug-likeness (QED) is 0.110. The number of hydrogen-bond acceptors (Lipinski definition) is 6. The number of nitrogens with zero attached hydrogens (tertiary/aromatic N) is 2. The molecule has 0 aliphatic carbocycles. The predicted octanol–water partition coefficient (Wildman–Crippen LogP) is 9.74. The fourth-order valence-electron chi connectivity index (χ4n) is 6.74. The zero-order valence-electron chi connectivity index (χ0n) is 30.9. The number of aryl methyl sites for hydroxylation is 3. The molecule has 8 nitrogen and oxygen atoms in total. The average Bonchev–Trinajstić information content (AvgIpc) is 3.79. The predicted molar refractivity (Wildman–Crippen MR) is 216 cm³/mol. The van der Waals surface area contributed by atoms with Crippen molar-refractivity contribution in [2.24, 2.45) is 0 Å². The van der Waals surface area contributed by atoms with Gasteiger partial charge in [0.2, 0.25) is 0 Å². The number of ether oxygens (including phenoxy) is 4. The van der Waals surface area contributed by atoms with E-state index >= 15 is 0 Å². The van der Waals surface area contributed by atoms with Gasteiger partial charge >= 0.3 is 0 Å². The molecular weight excluding hydrogens is 697 g/mol. The van der Waals surface area contributed by atoms with Crippen LogP contribution in [0.3, 0.4) is 0 Å². The van der Waals surface area contributed by atoms with Crippen LogP contribution in [-0.4, -0.2) is 45.4 Å². The molecule has 0 amide bonds. The minimum atomic E-state index is -4.15. The van der Waals surface area contributed by atoms with Crippen molar-refractivity contribution < 1.29 is 27.4 Å². The molecule has 0 saturated heterocycles. The van der Waals surface area contributed by atoms with E-state index < -0.39 is 10.0 Å². The number of fused-ring (bicyclic) bond motifs is 1. The van der Waals surface area contributed by atoms with Gasteiger partial charge in [-0.2, -0.15) is 0 Å². The van der Waals surface area contributed by atoms with Gasteiger partial charge in [-0.3, -0.25) is 0 Å². The SMILES string of the molecule is CO/C(=C\c1ccc(OC)cc1)c1c(-c2cn(CCc3ccc(OC)cc3)cc2-c2ccc(OC)cc2)c2ccccc2n1S(=O)(=O)c1ccc(C)cc1. The lowest BCUT2D eigenvalue weighted by Gasteiger charge is -2.16. The molecule has 2 heterocycles. The third kappa shape index (κ3) is 7.10. The molecule has 0 atom stereocenters. The van der Waals surface area contributed by atoms with Crippen LogP contribution in [0.15, 0.2) is 139 Å². The van der Waals surface area contributed by atoms with E-state index in [0.717, 1.165) is 56.7 Å². The Morgan fingerprint density at radius 1 is 0.667 bits per heavy atom. The first kappa shape index (κ1) is 36.2. The Hall–Kier alpha value is -6.19. The topological polar surface area (TPSA) is 80.9 Å². The molecule has 0 N–H and O–H groups in total. The van der Waals surface area contributed by atoms with Crippen molar-refractivity contribution in [3.8, 4) is 39.5 Å². The van der Waals surface area contributed by atoms with Crippen molar-refractivity contribution in [2.75, 3.05) is 28.4 Å². The highest BCUT2D eigenvalue weighted by Crippen LogP contribution is 2.45. The van der Waals surface area contributed by atoms with Crippen molar-refractivity contribution in [1.82, 2.24) is 8.54 Å². The maximum atomic E-state index is 15.0. The third-order valence-corrected chi connectivity index (χ3v) is 11.4. The second-order valence-electron chi connectivity index (χ2n) is 13.0. The number of hydrogen-bond donors (Lipinski definition) is 0. The molecule has 0 spiro atoms. The molecule has 0 aliphatic rings. The second-order valence-corrected chi connectivity index (χ2v) is 14.7. The average molecular weight is 739 g/mol. The number of benzene rings is 5. The summed E-state index contributed by atoms with van der Waals surface area (Å²) in [4.78, 5) is 0.175. The Bertz CT molecular complexity index is 2530. The van der Waals surface area contributed by atoms with Gasteiger partial charge in [0, 0.05) is 41.0 Å². The summed E-state index contributed by atoms with van der Waals surface area (Å²) in [5, 5.41) is 0.767. The van der Waals surface area contributed by atoms with Gasteiger partial charge in [-0.15, -0.1) is 0 Å². The first-order valence-electron chi connectivity index (χ1n) is 17.6. The maximum absolute atomic E-state index is 15.0. The lowest BCUT2D eigenvalue weighted by molar-refractivity contribution is 0.370. The molecule has 0 aliphatic heterocycles. The molecule has 0 radical (unpaired) electrons. The van der Waals surface area contributed by atoms with Gasteiger partial charge in [-0.25, -0.2) is 12.4 Å². The zero-order chi connectivity index (χ0) is 37.8. The first-order chi connectivity index (χ1) is 26.2. The summed E-state index contributed by atoms with van der Waals surface area (Å²) in [6.45, 7) is 2.62. The van der Waals surface area contributed by atoms with Gasteiger partial charge < -0.3 is 23.5 Å². The van der Waals surface area contributed by atoms with E-state index in [1.807, 2.05) is 110 Å². The Morgan fingerprint density at radius 2 is 1.24 bits per heavy atom. The fraction of sp³-hybridized carbons (Fsp3) is 0.156. The summed E-state index contributed by atoms with van der Waals surface area (Å²) < 4.78 is 56.0. The lowest BCUT2D eigenvalue weighted by Crippen LogP contribution is -2.16. The van der Waals surface area contributed by atoms with E-state index in [9.17, 15) is 8.42 Å². The van der Waals surface area contributed by atoms with E-state index in [1.165, 1.54) is 9.54 Å². The van der Waals surface area contributed by atoms with Crippen molar-refractivity contribution in [2.45, 2.75) is 24.8 Å². The molecule has 0 unspecified atom stereocenters. The monoisotopic (exact) mass is 738 g/mol. The van der Waals surface area contributed by atoms with Crippen LogP contribution >= 0.6 is 0 Å². The molecule has 0 saturated carbocycles. The summed E-state index contributed by atoms with van der Waals surface area (Å²) in [5.74, 6) is 2.64. The van der Waals surface area contributed by atoms with Gasteiger partial charge in [0.1, 0.15) is 28.7 Å². The minimum absolute atomic E-state index is 0.175. The van der Waals surface area contributed by atoms with E-state index in [-0.39, 0.29) is 4.90 Å². The van der Waals surface area contributed by atoms with Gasteiger partial charge in [0.25, 0.3) is 10.0 Å². The Labute approximate surface area is 316 Å². The Balaban J connectivity index is 1.51. The molecule has 0 bridgehead atoms. The number of aromatic nitrogens is 2. The van der Waals surface area contributed by atoms with E-state index in [2.05, 4.69) is 29.1 Å². The minimum Gasteiger partial charge on any atom is -0.497 e. The molecule has 2 aromatic heterocycles. The van der Waals surface area contributed by atoms with Crippen LogP contribution in [0.4, 0.5) is 0 Å². The van der Waals surface area contributed by atoms with E-state index in [4.69, 9.17) is 18.9 Å². The summed E-state index contributed by atoms with van der Waals surface area (Å²) in [5.41, 5.74) is 7.38. The smallest absolute Gasteiger partial charge is 0.268 e. The normalized spacial score (nSPS) is 11.8. The van der Waals surface area contributed by atoms with Gasteiger partial charge in [0.15, 0.2) is 0 Å². The standard InChI is InChI=1S/C45H42N2O6S/c1-31-10-24-38(25-11-31)54(48,49)47-42-9-7-6-8-39(42)44(45(47)43(53-5)28-33-14-20-36(51-3)21-15-33)41-30-46(27-26-32-12-18-35(50-2)19-13-32)29-40(41)34-16-22-37(52-4)23-17-34/h6-25,28-30H,26-27H2,1-5H3/b43-28-. The number of rotatable bonds is 13. The highest BCUT2D eigenvalue weighted by atomic mass is 32.2. The van der Waals surface area contributed by atoms with Crippen LogP contribution in [0, 0.1) is 6.92 Å². The van der Waals surface area contributed by atoms with Crippen molar-refractivity contribution in [3.63, 3.8) is 0 Å². The van der Waals surface area contributed by atoms with Crippen LogP contribution in [0.1, 0.15) is 22.4 Å². The van der Waals surface area contributed by atoms with E-state index in [1.54, 1.807) is 40.6 Å². The van der Waals surface area contributed by atoms with Crippen molar-refractivity contribution in [1.29, 1.82) is 0 Å². The third-order valence-electron chi connectivity index (χ3n) is 9.63. The summed E-state index contributed by atoms with van der Waals surface area (Å²) in [7, 11) is 2.35. The van der Waals surface area contributed by atoms with Gasteiger partial charge in [0.05, 0.1) is 38.9 Å². The lowest BCUT2D eigenvalue weighted by atomic mass is 9.96. The first-order valence-corrected chi connectivity index (χ1v) is 19.0. The van der Waals surface area contributed by atoms with Crippen LogP contribution < -0.4 is 14.2 Å². The molecular formula is C45H42N2O6S. The molecule has 9 heteroatoms. The van der Waals surface area contributed by atoms with Gasteiger partial charge in [-0.05, 0) is 90.7 Å². The van der Waals surface area contributed by atoms with Gasteiger partial charge in [-0.1, -0.05) is 72.3 Å². The molecule has 54 heavy (non-hydrogen) atoms. The van der Waals surface area contributed by atoms with E-state index in [0.29, 0.717) is 29.3 Å². The van der Waals surface area contributed by atoms with Crippen LogP contribution in [0.25, 0.3) is 45.0 Å². The van der Waals surface area contributed by atoms with Crippen LogP contribution in [0.2, 0.25) is 0 Å². The fourth-order valence-corrected chi connectivity index (χ4v) is 8.27. The molecule has 0 fully saturated rings. The van der Waals surface area contributed by atoms with Crippen LogP contribution in [-0.2, 0) is 27.7 Å².